The molecule has 20 heavy (non-hydrogen) atoms. The Balaban J connectivity index is 2.29. The summed E-state index contributed by atoms with van der Waals surface area (Å²) < 4.78 is 5.23. The van der Waals surface area contributed by atoms with Gasteiger partial charge in [0.25, 0.3) is 0 Å². The zero-order valence-electron chi connectivity index (χ0n) is 12.4. The van der Waals surface area contributed by atoms with Crippen LogP contribution in [-0.4, -0.2) is 17.1 Å². The van der Waals surface area contributed by atoms with Gasteiger partial charge in [0.1, 0.15) is 5.75 Å². The van der Waals surface area contributed by atoms with E-state index in [9.17, 15) is 0 Å². The van der Waals surface area contributed by atoms with Gasteiger partial charge in [-0.1, -0.05) is 26.0 Å². The average molecular weight is 270 g/mol. The van der Waals surface area contributed by atoms with Crippen LogP contribution in [-0.2, 0) is 0 Å². The van der Waals surface area contributed by atoms with Crippen molar-refractivity contribution in [1.29, 1.82) is 0 Å². The van der Waals surface area contributed by atoms with E-state index >= 15 is 0 Å². The number of hydrogen-bond acceptors (Lipinski definition) is 3. The smallest absolute Gasteiger partial charge is 0.118 e. The molecule has 0 N–H and O–H groups in total. The van der Waals surface area contributed by atoms with Crippen LogP contribution in [0, 0.1) is 0 Å². The summed E-state index contributed by atoms with van der Waals surface area (Å²) in [6, 6.07) is 8.38. The number of rotatable bonds is 6. The van der Waals surface area contributed by atoms with Crippen LogP contribution < -0.4 is 4.74 Å². The Kier molecular flexibility index (Phi) is 5.10. The molecule has 0 aliphatic rings. The van der Waals surface area contributed by atoms with E-state index in [0.717, 1.165) is 24.3 Å². The summed E-state index contributed by atoms with van der Waals surface area (Å²) >= 11 is 0. The number of benzene rings is 1. The van der Waals surface area contributed by atoms with Gasteiger partial charge in [0, 0.05) is 24.5 Å². The Morgan fingerprint density at radius 3 is 2.20 bits per heavy atom. The van der Waals surface area contributed by atoms with Crippen molar-refractivity contribution in [3.05, 3.63) is 54.1 Å². The Bertz CT molecular complexity index is 510. The summed E-state index contributed by atoms with van der Waals surface area (Å²) in [6.07, 6.45) is 7.54. The van der Waals surface area contributed by atoms with Crippen LogP contribution in [0.3, 0.4) is 0 Å². The van der Waals surface area contributed by atoms with Crippen LogP contribution in [0.2, 0.25) is 0 Å². The Labute approximate surface area is 121 Å². The van der Waals surface area contributed by atoms with E-state index < -0.39 is 0 Å². The first-order chi connectivity index (χ1) is 9.80. The zero-order chi connectivity index (χ0) is 14.4. The largest absolute Gasteiger partial charge is 0.497 e. The lowest BCUT2D eigenvalue weighted by Crippen LogP contribution is -2.12. The molecular weight excluding hydrogens is 248 g/mol. The summed E-state index contributed by atoms with van der Waals surface area (Å²) in [4.78, 5) is 8.70. The van der Waals surface area contributed by atoms with Gasteiger partial charge < -0.3 is 4.74 Å². The number of hydrogen-bond donors (Lipinski definition) is 0. The molecule has 2 rings (SSSR count). The highest BCUT2D eigenvalue weighted by molar-refractivity contribution is 5.31. The van der Waals surface area contributed by atoms with Gasteiger partial charge in [-0.2, -0.15) is 0 Å². The molecule has 2 aromatic rings. The molecule has 0 saturated heterocycles. The van der Waals surface area contributed by atoms with E-state index in [0.29, 0.717) is 11.8 Å². The second kappa shape index (κ2) is 7.04. The van der Waals surface area contributed by atoms with Gasteiger partial charge in [-0.3, -0.25) is 9.97 Å². The van der Waals surface area contributed by atoms with Gasteiger partial charge in [0.05, 0.1) is 12.8 Å². The molecule has 0 aliphatic carbocycles. The van der Waals surface area contributed by atoms with E-state index in [1.807, 2.05) is 18.3 Å². The summed E-state index contributed by atoms with van der Waals surface area (Å²) in [5, 5.41) is 0. The predicted molar refractivity (Wildman–Crippen MR) is 81.1 cm³/mol. The van der Waals surface area contributed by atoms with Crippen LogP contribution in [0.4, 0.5) is 0 Å². The molecule has 2 atom stereocenters. The SMILES string of the molecule is CC[C@@H](c1ccc(OC)cc1)[C@@H](CC)c1cnccn1. The lowest BCUT2D eigenvalue weighted by molar-refractivity contribution is 0.414. The third-order valence-electron chi connectivity index (χ3n) is 3.87. The molecular formula is C17H22N2O. The molecule has 1 aromatic carbocycles. The molecule has 1 aromatic heterocycles. The second-order valence-corrected chi connectivity index (χ2v) is 4.93. The standard InChI is InChI=1S/C17H22N2O/c1-4-15(13-6-8-14(20-3)9-7-13)16(5-2)17-12-18-10-11-19-17/h6-12,15-16H,4-5H2,1-3H3/t15-,16+/m0/s1. The third-order valence-corrected chi connectivity index (χ3v) is 3.87. The summed E-state index contributed by atoms with van der Waals surface area (Å²) in [5.41, 5.74) is 2.42. The molecule has 1 heterocycles. The van der Waals surface area contributed by atoms with Crippen LogP contribution >= 0.6 is 0 Å². The fraction of sp³-hybridized carbons (Fsp3) is 0.412. The zero-order valence-corrected chi connectivity index (χ0v) is 12.4. The van der Waals surface area contributed by atoms with Gasteiger partial charge in [0.2, 0.25) is 0 Å². The van der Waals surface area contributed by atoms with Gasteiger partial charge >= 0.3 is 0 Å². The molecule has 3 heteroatoms. The molecule has 0 aliphatic heterocycles. The van der Waals surface area contributed by atoms with Crippen molar-refractivity contribution < 1.29 is 4.74 Å². The lowest BCUT2D eigenvalue weighted by atomic mass is 9.80. The van der Waals surface area contributed by atoms with Crippen LogP contribution in [0.5, 0.6) is 5.75 Å². The molecule has 3 nitrogen and oxygen atoms in total. The van der Waals surface area contributed by atoms with Crippen LogP contribution in [0.25, 0.3) is 0 Å². The van der Waals surface area contributed by atoms with Crippen molar-refractivity contribution in [2.45, 2.75) is 38.5 Å². The Morgan fingerprint density at radius 1 is 1.00 bits per heavy atom. The maximum atomic E-state index is 5.23. The van der Waals surface area contributed by atoms with Gasteiger partial charge in [-0.05, 0) is 36.5 Å². The average Bonchev–Trinajstić information content (AvgIpc) is 2.53. The molecule has 0 saturated carbocycles. The fourth-order valence-electron chi connectivity index (χ4n) is 2.81. The van der Waals surface area contributed by atoms with E-state index in [4.69, 9.17) is 4.74 Å². The van der Waals surface area contributed by atoms with Gasteiger partial charge in [-0.15, -0.1) is 0 Å². The number of aromatic nitrogens is 2. The molecule has 0 fully saturated rings. The first-order valence-electron chi connectivity index (χ1n) is 7.20. The molecule has 106 valence electrons. The van der Waals surface area contributed by atoms with Crippen molar-refractivity contribution in [1.82, 2.24) is 9.97 Å². The highest BCUT2D eigenvalue weighted by atomic mass is 16.5. The molecule has 0 radical (unpaired) electrons. The topological polar surface area (TPSA) is 35.0 Å². The second-order valence-electron chi connectivity index (χ2n) is 4.93. The quantitative estimate of drug-likeness (QED) is 0.790. The lowest BCUT2D eigenvalue weighted by Gasteiger charge is -2.25. The first-order valence-corrected chi connectivity index (χ1v) is 7.20. The number of nitrogens with zero attached hydrogens (tertiary/aromatic N) is 2. The maximum absolute atomic E-state index is 5.23. The van der Waals surface area contributed by atoms with Crippen molar-refractivity contribution in [3.8, 4) is 5.75 Å². The number of ether oxygens (including phenoxy) is 1. The van der Waals surface area contributed by atoms with Crippen molar-refractivity contribution >= 4 is 0 Å². The minimum Gasteiger partial charge on any atom is -0.497 e. The number of methoxy groups -OCH3 is 1. The van der Waals surface area contributed by atoms with Crippen LogP contribution in [0.15, 0.2) is 42.9 Å². The van der Waals surface area contributed by atoms with Crippen molar-refractivity contribution in [3.63, 3.8) is 0 Å². The highest BCUT2D eigenvalue weighted by Gasteiger charge is 2.23. The van der Waals surface area contributed by atoms with E-state index in [1.165, 1.54) is 5.56 Å². The van der Waals surface area contributed by atoms with Crippen LogP contribution in [0.1, 0.15) is 49.8 Å². The van der Waals surface area contributed by atoms with Crippen molar-refractivity contribution in [2.75, 3.05) is 7.11 Å². The fourth-order valence-corrected chi connectivity index (χ4v) is 2.81. The first kappa shape index (κ1) is 14.5. The summed E-state index contributed by atoms with van der Waals surface area (Å²) in [5.74, 6) is 1.76. The summed E-state index contributed by atoms with van der Waals surface area (Å²) in [6.45, 7) is 4.44. The van der Waals surface area contributed by atoms with Crippen molar-refractivity contribution in [2.24, 2.45) is 0 Å². The third kappa shape index (κ3) is 3.16. The minimum atomic E-state index is 0.405. The maximum Gasteiger partial charge on any atom is 0.118 e. The predicted octanol–water partition coefficient (Wildman–Crippen LogP) is 4.17. The van der Waals surface area contributed by atoms with Gasteiger partial charge in [-0.25, -0.2) is 0 Å². The van der Waals surface area contributed by atoms with E-state index in [1.54, 1.807) is 19.5 Å². The van der Waals surface area contributed by atoms with E-state index in [2.05, 4.69) is 35.9 Å². The van der Waals surface area contributed by atoms with Gasteiger partial charge in [0.15, 0.2) is 0 Å². The monoisotopic (exact) mass is 270 g/mol. The Morgan fingerprint density at radius 2 is 1.70 bits per heavy atom. The molecule has 0 amide bonds. The molecule has 0 bridgehead atoms. The normalized spacial score (nSPS) is 13.8. The summed E-state index contributed by atoms with van der Waals surface area (Å²) in [7, 11) is 1.70. The molecule has 0 unspecified atom stereocenters. The highest BCUT2D eigenvalue weighted by Crippen LogP contribution is 2.37. The molecule has 0 spiro atoms. The minimum absolute atomic E-state index is 0.405. The Hall–Kier alpha value is -1.90. The van der Waals surface area contributed by atoms with E-state index in [-0.39, 0.29) is 0 Å².